The van der Waals surface area contributed by atoms with E-state index in [9.17, 15) is 4.39 Å². The Morgan fingerprint density at radius 3 is 2.62 bits per heavy atom. The molecule has 1 saturated heterocycles. The van der Waals surface area contributed by atoms with E-state index in [2.05, 4.69) is 21.8 Å². The lowest BCUT2D eigenvalue weighted by Crippen LogP contribution is -2.52. The minimum atomic E-state index is -0.226. The van der Waals surface area contributed by atoms with Gasteiger partial charge < -0.3 is 9.64 Å². The molecule has 6 nitrogen and oxygen atoms in total. The van der Waals surface area contributed by atoms with Crippen LogP contribution in [0.4, 0.5) is 10.2 Å². The van der Waals surface area contributed by atoms with E-state index in [4.69, 9.17) is 14.7 Å². The van der Waals surface area contributed by atoms with Crippen molar-refractivity contribution >= 4 is 5.82 Å². The topological polar surface area (TPSA) is 64.0 Å². The number of methoxy groups -OCH3 is 1. The van der Waals surface area contributed by atoms with Crippen LogP contribution in [0.25, 0.3) is 0 Å². The van der Waals surface area contributed by atoms with Crippen LogP contribution in [0.3, 0.4) is 0 Å². The molecule has 29 heavy (non-hydrogen) atoms. The molecule has 1 atom stereocenters. The molecule has 4 rings (SSSR count). The van der Waals surface area contributed by atoms with Crippen molar-refractivity contribution < 1.29 is 9.13 Å². The maximum atomic E-state index is 13.2. The second kappa shape index (κ2) is 8.61. The molecule has 1 aliphatic heterocycles. The first kappa shape index (κ1) is 19.4. The van der Waals surface area contributed by atoms with Gasteiger partial charge in [0.25, 0.3) is 0 Å². The highest BCUT2D eigenvalue weighted by molar-refractivity contribution is 5.44. The number of halogens is 1. The van der Waals surface area contributed by atoms with Crippen molar-refractivity contribution in [2.24, 2.45) is 0 Å². The molecule has 7 heteroatoms. The van der Waals surface area contributed by atoms with Crippen LogP contribution in [0.1, 0.15) is 35.6 Å². The first-order valence-electron chi connectivity index (χ1n) is 9.75. The zero-order chi connectivity index (χ0) is 20.2. The lowest BCUT2D eigenvalue weighted by Gasteiger charge is -2.39. The molecular weight excluding hydrogens is 369 g/mol. The number of nitrogens with zero attached hydrogens (tertiary/aromatic N) is 5. The minimum Gasteiger partial charge on any atom is -0.378 e. The van der Waals surface area contributed by atoms with Crippen LogP contribution >= 0.6 is 0 Å². The van der Waals surface area contributed by atoms with Gasteiger partial charge in [-0.05, 0) is 23.6 Å². The van der Waals surface area contributed by atoms with E-state index in [0.29, 0.717) is 12.8 Å². The van der Waals surface area contributed by atoms with Gasteiger partial charge in [0, 0.05) is 57.7 Å². The van der Waals surface area contributed by atoms with Crippen LogP contribution < -0.4 is 4.90 Å². The SMILES string of the molecule is COC1CN(c2cc(Cc3cnccn3)nc(C[C@@H](C)c3ccc(F)cc3)n2)C1. The molecule has 1 fully saturated rings. The molecular formula is C22H24FN5O. The average Bonchev–Trinajstić information content (AvgIpc) is 2.68. The molecule has 0 N–H and O–H groups in total. The van der Waals surface area contributed by atoms with Gasteiger partial charge in [0.1, 0.15) is 17.5 Å². The molecule has 1 aromatic carbocycles. The summed E-state index contributed by atoms with van der Waals surface area (Å²) >= 11 is 0. The van der Waals surface area contributed by atoms with Crippen molar-refractivity contribution in [2.75, 3.05) is 25.1 Å². The molecule has 0 saturated carbocycles. The molecule has 0 aliphatic carbocycles. The van der Waals surface area contributed by atoms with E-state index in [1.165, 1.54) is 12.1 Å². The summed E-state index contributed by atoms with van der Waals surface area (Å²) in [7, 11) is 1.73. The van der Waals surface area contributed by atoms with Crippen molar-refractivity contribution in [3.63, 3.8) is 0 Å². The van der Waals surface area contributed by atoms with Gasteiger partial charge in [-0.2, -0.15) is 0 Å². The van der Waals surface area contributed by atoms with Crippen LogP contribution in [0, 0.1) is 5.82 Å². The lowest BCUT2D eigenvalue weighted by molar-refractivity contribution is 0.0782. The normalized spacial score (nSPS) is 15.2. The van der Waals surface area contributed by atoms with Crippen molar-refractivity contribution in [3.05, 3.63) is 77.5 Å². The Kier molecular flexibility index (Phi) is 5.76. The number of ether oxygens (including phenoxy) is 1. The minimum absolute atomic E-state index is 0.179. The van der Waals surface area contributed by atoms with E-state index in [0.717, 1.165) is 41.7 Å². The Morgan fingerprint density at radius 2 is 1.93 bits per heavy atom. The summed E-state index contributed by atoms with van der Waals surface area (Å²) in [4.78, 5) is 20.3. The number of hydrogen-bond acceptors (Lipinski definition) is 6. The second-order valence-electron chi connectivity index (χ2n) is 7.43. The second-order valence-corrected chi connectivity index (χ2v) is 7.43. The zero-order valence-corrected chi connectivity index (χ0v) is 16.6. The van der Waals surface area contributed by atoms with Crippen LogP contribution in [-0.2, 0) is 17.6 Å². The van der Waals surface area contributed by atoms with Crippen molar-refractivity contribution in [2.45, 2.75) is 31.8 Å². The van der Waals surface area contributed by atoms with Gasteiger partial charge in [-0.1, -0.05) is 19.1 Å². The third kappa shape index (κ3) is 4.74. The summed E-state index contributed by atoms with van der Waals surface area (Å²) < 4.78 is 18.6. The van der Waals surface area contributed by atoms with Gasteiger partial charge in [-0.15, -0.1) is 0 Å². The Bertz CT molecular complexity index is 945. The first-order chi connectivity index (χ1) is 14.1. The Balaban J connectivity index is 1.57. The summed E-state index contributed by atoms with van der Waals surface area (Å²) in [6.07, 6.45) is 6.63. The Morgan fingerprint density at radius 1 is 1.14 bits per heavy atom. The first-order valence-corrected chi connectivity index (χ1v) is 9.75. The fourth-order valence-corrected chi connectivity index (χ4v) is 3.44. The highest BCUT2D eigenvalue weighted by Gasteiger charge is 2.28. The summed E-state index contributed by atoms with van der Waals surface area (Å²) in [5, 5.41) is 0. The molecule has 0 bridgehead atoms. The Hall–Kier alpha value is -2.93. The Labute approximate surface area is 169 Å². The third-order valence-electron chi connectivity index (χ3n) is 5.22. The van der Waals surface area contributed by atoms with E-state index >= 15 is 0 Å². The molecule has 2 aromatic heterocycles. The van der Waals surface area contributed by atoms with Gasteiger partial charge in [0.05, 0.1) is 17.5 Å². The van der Waals surface area contributed by atoms with E-state index < -0.39 is 0 Å². The maximum absolute atomic E-state index is 13.2. The van der Waals surface area contributed by atoms with E-state index in [1.54, 1.807) is 25.7 Å². The third-order valence-corrected chi connectivity index (χ3v) is 5.22. The standard InChI is InChI=1S/C22H24FN5O/c1-15(16-3-5-17(23)6-4-16)9-21-26-18(10-19-12-24-7-8-25-19)11-22(27-21)28-13-20(14-28)29-2/h3-8,11-12,15,20H,9-10,13-14H2,1-2H3/t15-/m1/s1. The molecule has 0 radical (unpaired) electrons. The van der Waals surface area contributed by atoms with Gasteiger partial charge >= 0.3 is 0 Å². The van der Waals surface area contributed by atoms with Crippen LogP contribution in [0.5, 0.6) is 0 Å². The molecule has 0 amide bonds. The highest BCUT2D eigenvalue weighted by atomic mass is 19.1. The average molecular weight is 393 g/mol. The summed E-state index contributed by atoms with van der Waals surface area (Å²) in [5.74, 6) is 1.64. The predicted molar refractivity (Wildman–Crippen MR) is 108 cm³/mol. The summed E-state index contributed by atoms with van der Waals surface area (Å²) in [5.41, 5.74) is 2.85. The van der Waals surface area contributed by atoms with Crippen LogP contribution in [0.15, 0.2) is 48.9 Å². The van der Waals surface area contributed by atoms with Gasteiger partial charge in [0.15, 0.2) is 0 Å². The van der Waals surface area contributed by atoms with Crippen molar-refractivity contribution in [1.82, 2.24) is 19.9 Å². The molecule has 3 aromatic rings. The smallest absolute Gasteiger partial charge is 0.132 e. The van der Waals surface area contributed by atoms with Crippen LogP contribution in [0.2, 0.25) is 0 Å². The number of aromatic nitrogens is 4. The number of rotatable bonds is 7. The quantitative estimate of drug-likeness (QED) is 0.614. The molecule has 1 aliphatic rings. The molecule has 0 unspecified atom stereocenters. The molecule has 150 valence electrons. The van der Waals surface area contributed by atoms with Gasteiger partial charge in [0.2, 0.25) is 0 Å². The number of benzene rings is 1. The number of anilines is 1. The highest BCUT2D eigenvalue weighted by Crippen LogP contribution is 2.24. The lowest BCUT2D eigenvalue weighted by atomic mass is 9.97. The number of hydrogen-bond donors (Lipinski definition) is 0. The predicted octanol–water partition coefficient (Wildman–Crippen LogP) is 3.18. The van der Waals surface area contributed by atoms with E-state index in [-0.39, 0.29) is 17.8 Å². The summed E-state index contributed by atoms with van der Waals surface area (Å²) in [6, 6.07) is 8.65. The fraction of sp³-hybridized carbons (Fsp3) is 0.364. The monoisotopic (exact) mass is 393 g/mol. The maximum Gasteiger partial charge on any atom is 0.132 e. The zero-order valence-electron chi connectivity index (χ0n) is 16.6. The van der Waals surface area contributed by atoms with Gasteiger partial charge in [-0.25, -0.2) is 14.4 Å². The van der Waals surface area contributed by atoms with Gasteiger partial charge in [-0.3, -0.25) is 9.97 Å². The largest absolute Gasteiger partial charge is 0.378 e. The van der Waals surface area contributed by atoms with E-state index in [1.807, 2.05) is 18.2 Å². The van der Waals surface area contributed by atoms with Crippen molar-refractivity contribution in [1.29, 1.82) is 0 Å². The van der Waals surface area contributed by atoms with Crippen LogP contribution in [-0.4, -0.2) is 46.2 Å². The van der Waals surface area contributed by atoms with Crippen molar-refractivity contribution in [3.8, 4) is 0 Å². The molecule has 3 heterocycles. The fourth-order valence-electron chi connectivity index (χ4n) is 3.44. The molecule has 0 spiro atoms. The summed E-state index contributed by atoms with van der Waals surface area (Å²) in [6.45, 7) is 3.76.